The van der Waals surface area contributed by atoms with Crippen molar-refractivity contribution < 1.29 is 13.5 Å². The molecule has 1 aromatic heterocycles. The second kappa shape index (κ2) is 7.53. The first-order valence-corrected chi connectivity index (χ1v) is 9.02. The summed E-state index contributed by atoms with van der Waals surface area (Å²) in [7, 11) is 0. The Balaban J connectivity index is 1.29. The van der Waals surface area contributed by atoms with E-state index in [0.29, 0.717) is 30.3 Å². The molecule has 0 spiro atoms. The van der Waals surface area contributed by atoms with E-state index in [9.17, 15) is 8.78 Å². The maximum atomic E-state index is 13.0. The third-order valence-corrected chi connectivity index (χ3v) is 5.19. The molecule has 5 nitrogen and oxygen atoms in total. The van der Waals surface area contributed by atoms with Crippen molar-refractivity contribution in [3.05, 3.63) is 48.3 Å². The van der Waals surface area contributed by atoms with Gasteiger partial charge in [0.15, 0.2) is 5.82 Å². The van der Waals surface area contributed by atoms with E-state index < -0.39 is 5.82 Å². The Hall–Kier alpha value is -2.28. The number of hydrogen-bond acceptors (Lipinski definition) is 5. The number of piperazine rings is 1. The second-order valence-corrected chi connectivity index (χ2v) is 7.00. The highest BCUT2D eigenvalue weighted by atomic mass is 19.1. The van der Waals surface area contributed by atoms with E-state index in [1.54, 1.807) is 12.1 Å². The van der Waals surface area contributed by atoms with Crippen LogP contribution in [0.5, 0.6) is 5.75 Å². The monoisotopic (exact) mass is 360 g/mol. The van der Waals surface area contributed by atoms with Crippen LogP contribution in [0.1, 0.15) is 12.8 Å². The summed E-state index contributed by atoms with van der Waals surface area (Å²) in [5.74, 6) is 1.14. The maximum absolute atomic E-state index is 13.0. The predicted octanol–water partition coefficient (Wildman–Crippen LogP) is 2.73. The van der Waals surface area contributed by atoms with Crippen molar-refractivity contribution in [1.82, 2.24) is 14.9 Å². The van der Waals surface area contributed by atoms with E-state index in [4.69, 9.17) is 4.74 Å². The van der Waals surface area contributed by atoms with E-state index in [1.807, 2.05) is 0 Å². The Morgan fingerprint density at radius 2 is 1.73 bits per heavy atom. The van der Waals surface area contributed by atoms with Crippen molar-refractivity contribution in [3.63, 3.8) is 0 Å². The molecular formula is C19H22F2N4O. The molecule has 0 aliphatic carbocycles. The van der Waals surface area contributed by atoms with E-state index in [1.165, 1.54) is 24.5 Å². The van der Waals surface area contributed by atoms with Gasteiger partial charge in [-0.2, -0.15) is 0 Å². The van der Waals surface area contributed by atoms with Gasteiger partial charge in [0.1, 0.15) is 11.6 Å². The molecule has 4 rings (SSSR count). The van der Waals surface area contributed by atoms with Crippen LogP contribution in [0.25, 0.3) is 0 Å². The van der Waals surface area contributed by atoms with E-state index in [0.717, 1.165) is 39.0 Å². The minimum atomic E-state index is -0.408. The quantitative estimate of drug-likeness (QED) is 0.839. The molecule has 1 unspecified atom stereocenters. The third-order valence-electron chi connectivity index (χ3n) is 5.19. The highest BCUT2D eigenvalue weighted by Crippen LogP contribution is 2.27. The second-order valence-electron chi connectivity index (χ2n) is 7.00. The number of anilines is 1. The number of fused-ring (bicyclic) bond motifs is 1. The highest BCUT2D eigenvalue weighted by molar-refractivity contribution is 5.30. The van der Waals surface area contributed by atoms with Gasteiger partial charge in [-0.15, -0.1) is 0 Å². The van der Waals surface area contributed by atoms with Crippen molar-refractivity contribution in [2.24, 2.45) is 5.92 Å². The summed E-state index contributed by atoms with van der Waals surface area (Å²) in [6.07, 6.45) is 4.63. The fourth-order valence-electron chi connectivity index (χ4n) is 3.79. The van der Waals surface area contributed by atoms with Crippen LogP contribution in [0.3, 0.4) is 0 Å². The zero-order chi connectivity index (χ0) is 17.9. The number of ether oxygens (including phenoxy) is 1. The molecule has 7 heteroatoms. The number of nitrogens with zero attached hydrogens (tertiary/aromatic N) is 4. The summed E-state index contributed by atoms with van der Waals surface area (Å²) in [6, 6.07) is 6.65. The van der Waals surface area contributed by atoms with Crippen LogP contribution < -0.4 is 9.64 Å². The molecule has 0 bridgehead atoms. The van der Waals surface area contributed by atoms with Crippen molar-refractivity contribution in [1.29, 1.82) is 0 Å². The minimum Gasteiger partial charge on any atom is -0.493 e. The fraction of sp³-hybridized carbons (Fsp3) is 0.474. The summed E-state index contributed by atoms with van der Waals surface area (Å²) in [5, 5.41) is 0. The average molecular weight is 360 g/mol. The third kappa shape index (κ3) is 3.93. The Kier molecular flexibility index (Phi) is 4.97. The van der Waals surface area contributed by atoms with Gasteiger partial charge in [0.05, 0.1) is 19.0 Å². The van der Waals surface area contributed by atoms with Gasteiger partial charge in [-0.25, -0.2) is 18.7 Å². The normalized spacial score (nSPS) is 23.5. The molecule has 2 saturated heterocycles. The highest BCUT2D eigenvalue weighted by Gasteiger charge is 2.33. The van der Waals surface area contributed by atoms with Crippen LogP contribution in [0.15, 0.2) is 36.7 Å². The van der Waals surface area contributed by atoms with Crippen LogP contribution in [-0.2, 0) is 0 Å². The summed E-state index contributed by atoms with van der Waals surface area (Å²) in [5.41, 5.74) is 0. The van der Waals surface area contributed by atoms with Gasteiger partial charge < -0.3 is 9.64 Å². The smallest absolute Gasteiger partial charge is 0.225 e. The van der Waals surface area contributed by atoms with E-state index in [-0.39, 0.29) is 5.82 Å². The molecule has 26 heavy (non-hydrogen) atoms. The summed E-state index contributed by atoms with van der Waals surface area (Å²) in [6.45, 7) is 4.31. The zero-order valence-electron chi connectivity index (χ0n) is 14.5. The van der Waals surface area contributed by atoms with Crippen LogP contribution in [0.4, 0.5) is 14.7 Å². The lowest BCUT2D eigenvalue weighted by molar-refractivity contribution is 0.0725. The van der Waals surface area contributed by atoms with Crippen molar-refractivity contribution in [2.45, 2.75) is 18.9 Å². The summed E-state index contributed by atoms with van der Waals surface area (Å²) >= 11 is 0. The number of aromatic nitrogens is 2. The lowest BCUT2D eigenvalue weighted by Gasteiger charge is -2.46. The topological polar surface area (TPSA) is 41.5 Å². The van der Waals surface area contributed by atoms with Crippen LogP contribution in [0.2, 0.25) is 0 Å². The molecular weight excluding hydrogens is 338 g/mol. The largest absolute Gasteiger partial charge is 0.493 e. The standard InChI is InChI=1S/C19H22F2N4O/c20-15-2-5-18(6-3-15)26-13-14-1-4-17-12-25(8-7-24(17)11-14)19-22-9-16(21)10-23-19/h2-3,5-6,9-10,14,17H,1,4,7-8,11-13H2/t14?,17-/m0/s1. The molecule has 1 aromatic carbocycles. The van der Waals surface area contributed by atoms with E-state index >= 15 is 0 Å². The predicted molar refractivity (Wildman–Crippen MR) is 94.2 cm³/mol. The lowest BCUT2D eigenvalue weighted by Crippen LogP contribution is -2.57. The van der Waals surface area contributed by atoms with Gasteiger partial charge >= 0.3 is 0 Å². The molecule has 3 heterocycles. The average Bonchev–Trinajstić information content (AvgIpc) is 2.67. The van der Waals surface area contributed by atoms with E-state index in [2.05, 4.69) is 19.8 Å². The number of benzene rings is 1. The summed E-state index contributed by atoms with van der Waals surface area (Å²) in [4.78, 5) is 12.8. The van der Waals surface area contributed by atoms with Crippen LogP contribution in [-0.4, -0.2) is 53.7 Å². The Labute approximate surface area is 151 Å². The maximum Gasteiger partial charge on any atom is 0.225 e. The molecule has 2 aliphatic rings. The molecule has 2 fully saturated rings. The van der Waals surface area contributed by atoms with Crippen LogP contribution in [0, 0.1) is 17.6 Å². The number of piperidine rings is 1. The molecule has 0 radical (unpaired) electrons. The Morgan fingerprint density at radius 1 is 0.962 bits per heavy atom. The number of hydrogen-bond donors (Lipinski definition) is 0. The zero-order valence-corrected chi connectivity index (χ0v) is 14.5. The van der Waals surface area contributed by atoms with Crippen molar-refractivity contribution >= 4 is 5.95 Å². The first kappa shape index (κ1) is 17.1. The van der Waals surface area contributed by atoms with Gasteiger partial charge in [0.25, 0.3) is 0 Å². The molecule has 2 aliphatic heterocycles. The van der Waals surface area contributed by atoms with Gasteiger partial charge in [0.2, 0.25) is 5.95 Å². The molecule has 138 valence electrons. The Morgan fingerprint density at radius 3 is 2.50 bits per heavy atom. The SMILES string of the molecule is Fc1ccc(OCC2CC[C@H]3CN(c4ncc(F)cn4)CCN3C2)cc1. The minimum absolute atomic E-state index is 0.249. The fourth-order valence-corrected chi connectivity index (χ4v) is 3.79. The van der Waals surface area contributed by atoms with Crippen LogP contribution >= 0.6 is 0 Å². The van der Waals surface area contributed by atoms with Gasteiger partial charge in [-0.1, -0.05) is 0 Å². The van der Waals surface area contributed by atoms with Gasteiger partial charge in [-0.05, 0) is 37.1 Å². The molecule has 0 N–H and O–H groups in total. The first-order valence-electron chi connectivity index (χ1n) is 9.02. The first-order chi connectivity index (χ1) is 12.7. The Bertz CT molecular complexity index is 725. The van der Waals surface area contributed by atoms with Gasteiger partial charge in [0, 0.05) is 38.1 Å². The number of rotatable bonds is 4. The molecule has 0 amide bonds. The molecule has 0 saturated carbocycles. The molecule has 2 atom stereocenters. The summed E-state index contributed by atoms with van der Waals surface area (Å²) < 4.78 is 31.8. The number of halogens is 2. The van der Waals surface area contributed by atoms with Crippen molar-refractivity contribution in [2.75, 3.05) is 37.7 Å². The lowest BCUT2D eigenvalue weighted by atomic mass is 9.91. The van der Waals surface area contributed by atoms with Crippen molar-refractivity contribution in [3.8, 4) is 5.75 Å². The molecule has 2 aromatic rings. The van der Waals surface area contributed by atoms with Gasteiger partial charge in [-0.3, -0.25) is 4.90 Å².